The summed E-state index contributed by atoms with van der Waals surface area (Å²) in [6.07, 6.45) is 0. The smallest absolute Gasteiger partial charge is 0.274 e. The Morgan fingerprint density at radius 1 is 1.00 bits per heavy atom. The summed E-state index contributed by atoms with van der Waals surface area (Å²) in [6, 6.07) is 8.79. The minimum atomic E-state index is -3.58. The first-order valence-corrected chi connectivity index (χ1v) is 10.5. The Bertz CT molecular complexity index is 966. The Labute approximate surface area is 165 Å². The number of nitrogens with zero attached hydrogens (tertiary/aromatic N) is 5. The van der Waals surface area contributed by atoms with Crippen molar-refractivity contribution in [1.82, 2.24) is 19.4 Å². The van der Waals surface area contributed by atoms with Crippen LogP contribution in [-0.2, 0) is 10.0 Å². The summed E-state index contributed by atoms with van der Waals surface area (Å²) < 4.78 is 27.5. The summed E-state index contributed by atoms with van der Waals surface area (Å²) in [5.41, 5.74) is 1.88. The van der Waals surface area contributed by atoms with Crippen LogP contribution in [0.1, 0.15) is 21.6 Å². The van der Waals surface area contributed by atoms with Gasteiger partial charge >= 0.3 is 0 Å². The highest BCUT2D eigenvalue weighted by Gasteiger charge is 2.31. The molecule has 0 N–H and O–H groups in total. The second kappa shape index (κ2) is 7.84. The molecule has 8 nitrogen and oxygen atoms in total. The van der Waals surface area contributed by atoms with Crippen molar-refractivity contribution in [2.75, 3.05) is 45.2 Å². The van der Waals surface area contributed by atoms with E-state index in [1.165, 1.54) is 4.31 Å². The zero-order valence-electron chi connectivity index (χ0n) is 16.6. The fourth-order valence-electron chi connectivity index (χ4n) is 3.10. The molecule has 9 heteroatoms. The molecule has 3 rings (SSSR count). The van der Waals surface area contributed by atoms with Gasteiger partial charge in [0.05, 0.1) is 4.90 Å². The van der Waals surface area contributed by atoms with Crippen LogP contribution in [0.2, 0.25) is 0 Å². The molecule has 1 aromatic heterocycles. The lowest BCUT2D eigenvalue weighted by Gasteiger charge is -2.34. The minimum Gasteiger partial charge on any atom is -0.361 e. The molecule has 0 aliphatic carbocycles. The van der Waals surface area contributed by atoms with E-state index in [-0.39, 0.29) is 24.7 Å². The zero-order valence-corrected chi connectivity index (χ0v) is 17.4. The van der Waals surface area contributed by atoms with Crippen molar-refractivity contribution in [2.24, 2.45) is 0 Å². The van der Waals surface area contributed by atoms with Crippen LogP contribution >= 0.6 is 0 Å². The molecule has 0 unspecified atom stereocenters. The molecule has 0 radical (unpaired) electrons. The van der Waals surface area contributed by atoms with Crippen molar-refractivity contribution in [1.29, 1.82) is 0 Å². The molecule has 1 fully saturated rings. The number of benzene rings is 1. The number of sulfonamides is 1. The zero-order chi connectivity index (χ0) is 20.5. The molecule has 0 saturated carbocycles. The van der Waals surface area contributed by atoms with Crippen molar-refractivity contribution >= 4 is 21.7 Å². The van der Waals surface area contributed by atoms with Crippen LogP contribution in [0.5, 0.6) is 0 Å². The summed E-state index contributed by atoms with van der Waals surface area (Å²) in [5, 5.41) is 8.03. The molecule has 0 atom stereocenters. The van der Waals surface area contributed by atoms with Crippen LogP contribution in [0, 0.1) is 13.8 Å². The number of piperazine rings is 1. The molecular formula is C19H25N5O3S. The van der Waals surface area contributed by atoms with E-state index in [9.17, 15) is 13.2 Å². The van der Waals surface area contributed by atoms with Crippen LogP contribution in [-0.4, -0.2) is 74.0 Å². The molecule has 150 valence electrons. The number of rotatable bonds is 4. The number of hydrogen-bond donors (Lipinski definition) is 0. The molecular weight excluding hydrogens is 378 g/mol. The Morgan fingerprint density at radius 2 is 1.68 bits per heavy atom. The fraction of sp³-hybridized carbons (Fsp3) is 0.421. The van der Waals surface area contributed by atoms with Gasteiger partial charge in [-0.1, -0.05) is 12.1 Å². The summed E-state index contributed by atoms with van der Waals surface area (Å²) in [5.74, 6) is 0.433. The van der Waals surface area contributed by atoms with Crippen molar-refractivity contribution in [3.8, 4) is 0 Å². The third-order valence-electron chi connectivity index (χ3n) is 4.82. The van der Waals surface area contributed by atoms with Gasteiger partial charge in [-0.2, -0.15) is 4.31 Å². The number of aryl methyl sites for hydroxylation is 2. The molecule has 2 aromatic rings. The summed E-state index contributed by atoms with van der Waals surface area (Å²) >= 11 is 0. The van der Waals surface area contributed by atoms with Gasteiger partial charge in [0.15, 0.2) is 11.5 Å². The lowest BCUT2D eigenvalue weighted by Crippen LogP contribution is -2.50. The normalized spacial score (nSPS) is 15.5. The van der Waals surface area contributed by atoms with E-state index in [2.05, 4.69) is 10.2 Å². The molecule has 1 aromatic carbocycles. The van der Waals surface area contributed by atoms with Gasteiger partial charge in [-0.15, -0.1) is 10.2 Å². The topological polar surface area (TPSA) is 86.7 Å². The third-order valence-corrected chi connectivity index (χ3v) is 6.86. The van der Waals surface area contributed by atoms with Crippen LogP contribution < -0.4 is 4.90 Å². The first-order valence-electron chi connectivity index (χ1n) is 9.08. The molecule has 28 heavy (non-hydrogen) atoms. The summed E-state index contributed by atoms with van der Waals surface area (Å²) in [4.78, 5) is 16.4. The van der Waals surface area contributed by atoms with E-state index < -0.39 is 10.0 Å². The lowest BCUT2D eigenvalue weighted by atomic mass is 10.2. The van der Waals surface area contributed by atoms with Gasteiger partial charge in [0.1, 0.15) is 0 Å². The molecule has 1 aliphatic heterocycles. The van der Waals surface area contributed by atoms with E-state index in [1.807, 2.05) is 33.2 Å². The van der Waals surface area contributed by atoms with Crippen molar-refractivity contribution < 1.29 is 13.2 Å². The van der Waals surface area contributed by atoms with Crippen LogP contribution in [0.25, 0.3) is 0 Å². The number of anilines is 1. The van der Waals surface area contributed by atoms with E-state index >= 15 is 0 Å². The van der Waals surface area contributed by atoms with Crippen LogP contribution in [0.15, 0.2) is 35.2 Å². The highest BCUT2D eigenvalue weighted by atomic mass is 32.2. The number of amides is 1. The van der Waals surface area contributed by atoms with E-state index in [0.717, 1.165) is 11.1 Å². The molecule has 0 spiro atoms. The Balaban J connectivity index is 1.70. The average Bonchev–Trinajstić information content (AvgIpc) is 2.69. The van der Waals surface area contributed by atoms with Crippen molar-refractivity contribution in [3.63, 3.8) is 0 Å². The third kappa shape index (κ3) is 4.00. The second-order valence-electron chi connectivity index (χ2n) is 7.14. The highest BCUT2D eigenvalue weighted by Crippen LogP contribution is 2.22. The summed E-state index contributed by atoms with van der Waals surface area (Å²) in [7, 11) is 0.114. The molecule has 1 amide bonds. The molecule has 2 heterocycles. The maximum Gasteiger partial charge on any atom is 0.274 e. The van der Waals surface area contributed by atoms with Gasteiger partial charge in [0.25, 0.3) is 5.91 Å². The number of carbonyl (C=O) groups excluding carboxylic acids is 1. The second-order valence-corrected chi connectivity index (χ2v) is 9.04. The van der Waals surface area contributed by atoms with E-state index in [4.69, 9.17) is 0 Å². The van der Waals surface area contributed by atoms with Gasteiger partial charge in [0.2, 0.25) is 10.0 Å². The van der Waals surface area contributed by atoms with Gasteiger partial charge in [-0.25, -0.2) is 8.42 Å². The monoisotopic (exact) mass is 403 g/mol. The quantitative estimate of drug-likeness (QED) is 0.765. The first kappa shape index (κ1) is 20.2. The Hall–Kier alpha value is -2.52. The largest absolute Gasteiger partial charge is 0.361 e. The van der Waals surface area contributed by atoms with Gasteiger partial charge in [0, 0.05) is 40.3 Å². The maximum absolute atomic E-state index is 13.0. The Kier molecular flexibility index (Phi) is 5.66. The van der Waals surface area contributed by atoms with Crippen molar-refractivity contribution in [3.05, 3.63) is 47.2 Å². The van der Waals surface area contributed by atoms with Crippen LogP contribution in [0.3, 0.4) is 0 Å². The SMILES string of the molecule is Cc1ccc(C)c(S(=O)(=O)N2CCN(C(=O)c3ccc(N(C)C)nn3)CC2)c1. The molecule has 0 bridgehead atoms. The number of aromatic nitrogens is 2. The minimum absolute atomic E-state index is 0.235. The van der Waals surface area contributed by atoms with Gasteiger partial charge < -0.3 is 9.80 Å². The molecule has 1 saturated heterocycles. The van der Waals surface area contributed by atoms with Crippen LogP contribution in [0.4, 0.5) is 5.82 Å². The average molecular weight is 404 g/mol. The maximum atomic E-state index is 13.0. The highest BCUT2D eigenvalue weighted by molar-refractivity contribution is 7.89. The number of hydrogen-bond acceptors (Lipinski definition) is 6. The predicted octanol–water partition coefficient (Wildman–Crippen LogP) is 1.31. The van der Waals surface area contributed by atoms with E-state index in [0.29, 0.717) is 23.8 Å². The Morgan fingerprint density at radius 3 is 2.25 bits per heavy atom. The number of carbonyl (C=O) groups is 1. The van der Waals surface area contributed by atoms with Crippen molar-refractivity contribution in [2.45, 2.75) is 18.7 Å². The van der Waals surface area contributed by atoms with Gasteiger partial charge in [-0.05, 0) is 43.2 Å². The standard InChI is InChI=1S/C19H25N5O3S/c1-14-5-6-15(2)17(13-14)28(26,27)24-11-9-23(10-12-24)19(25)16-7-8-18(21-20-16)22(3)4/h5-8,13H,9-12H2,1-4H3. The fourth-order valence-corrected chi connectivity index (χ4v) is 4.83. The van der Waals surface area contributed by atoms with Gasteiger partial charge in [-0.3, -0.25) is 4.79 Å². The van der Waals surface area contributed by atoms with E-state index in [1.54, 1.807) is 34.9 Å². The molecule has 1 aliphatic rings. The first-order chi connectivity index (χ1) is 13.2. The predicted molar refractivity (Wildman–Crippen MR) is 107 cm³/mol. The lowest BCUT2D eigenvalue weighted by molar-refractivity contribution is 0.0690. The summed E-state index contributed by atoms with van der Waals surface area (Å²) in [6.45, 7) is 4.81.